The Hall–Kier alpha value is -2.37. The van der Waals surface area contributed by atoms with Crippen molar-refractivity contribution in [1.29, 1.82) is 0 Å². The van der Waals surface area contributed by atoms with Gasteiger partial charge in [0, 0.05) is 5.69 Å². The number of hydrogen-bond donors (Lipinski definition) is 0. The Morgan fingerprint density at radius 3 is 2.56 bits per heavy atom. The van der Waals surface area contributed by atoms with Gasteiger partial charge in [-0.05, 0) is 42.7 Å². The molecule has 2 aliphatic rings. The van der Waals surface area contributed by atoms with Crippen LogP contribution >= 0.6 is 0 Å². The van der Waals surface area contributed by atoms with Gasteiger partial charge in [0.25, 0.3) is 5.91 Å². The molecule has 1 aliphatic heterocycles. The Bertz CT molecular complexity index is 703. The van der Waals surface area contributed by atoms with Crippen molar-refractivity contribution < 1.29 is 19.1 Å². The molecule has 0 aromatic heterocycles. The van der Waals surface area contributed by atoms with Crippen LogP contribution in [-0.2, 0) is 14.3 Å². The first kappa shape index (κ1) is 19.4. The Kier molecular flexibility index (Phi) is 5.82. The van der Waals surface area contributed by atoms with Crippen molar-refractivity contribution in [2.24, 2.45) is 17.8 Å². The van der Waals surface area contributed by atoms with Gasteiger partial charge in [-0.3, -0.25) is 19.4 Å². The lowest BCUT2D eigenvalue weighted by atomic mass is 9.75. The fourth-order valence-electron chi connectivity index (χ4n) is 4.09. The SMILES string of the molecule is CC(C)[C@H]1CC[C@H](C)C[C@H]1OC(=O)CN1C(=O)CN(c2ccccc2)C1=O. The first-order valence-electron chi connectivity index (χ1n) is 9.73. The molecule has 0 N–H and O–H groups in total. The monoisotopic (exact) mass is 372 g/mol. The molecule has 1 aromatic carbocycles. The number of carbonyl (C=O) groups excluding carboxylic acids is 3. The van der Waals surface area contributed by atoms with E-state index in [2.05, 4.69) is 20.8 Å². The second-order valence-corrected chi connectivity index (χ2v) is 8.04. The van der Waals surface area contributed by atoms with Gasteiger partial charge in [-0.25, -0.2) is 4.79 Å². The molecule has 3 amide bonds. The van der Waals surface area contributed by atoms with Crippen LogP contribution in [0.5, 0.6) is 0 Å². The van der Waals surface area contributed by atoms with Gasteiger partial charge in [0.15, 0.2) is 0 Å². The summed E-state index contributed by atoms with van der Waals surface area (Å²) in [6, 6.07) is 8.52. The number of para-hydroxylation sites is 1. The molecule has 0 unspecified atom stereocenters. The molecule has 0 bridgehead atoms. The minimum absolute atomic E-state index is 0.0504. The van der Waals surface area contributed by atoms with E-state index in [1.807, 2.05) is 6.07 Å². The van der Waals surface area contributed by atoms with Crippen LogP contribution in [0.3, 0.4) is 0 Å². The molecular weight excluding hydrogens is 344 g/mol. The van der Waals surface area contributed by atoms with E-state index in [4.69, 9.17) is 4.74 Å². The van der Waals surface area contributed by atoms with E-state index in [0.717, 1.165) is 24.2 Å². The summed E-state index contributed by atoms with van der Waals surface area (Å²) >= 11 is 0. The molecule has 1 heterocycles. The minimum atomic E-state index is -0.503. The lowest BCUT2D eigenvalue weighted by Gasteiger charge is -2.36. The van der Waals surface area contributed by atoms with E-state index < -0.39 is 12.0 Å². The van der Waals surface area contributed by atoms with E-state index in [1.165, 1.54) is 4.90 Å². The van der Waals surface area contributed by atoms with Crippen LogP contribution in [0.25, 0.3) is 0 Å². The van der Waals surface area contributed by atoms with Crippen molar-refractivity contribution in [1.82, 2.24) is 4.90 Å². The average Bonchev–Trinajstić information content (AvgIpc) is 2.90. The molecule has 6 nitrogen and oxygen atoms in total. The Morgan fingerprint density at radius 1 is 1.19 bits per heavy atom. The predicted molar refractivity (Wildman–Crippen MR) is 102 cm³/mol. The number of amides is 3. The molecule has 2 fully saturated rings. The highest BCUT2D eigenvalue weighted by Gasteiger charge is 2.39. The topological polar surface area (TPSA) is 66.9 Å². The number of benzene rings is 1. The number of hydrogen-bond acceptors (Lipinski definition) is 4. The number of imide groups is 1. The normalized spacial score (nSPS) is 26.0. The predicted octanol–water partition coefficient (Wildman–Crippen LogP) is 3.46. The third-order valence-corrected chi connectivity index (χ3v) is 5.66. The van der Waals surface area contributed by atoms with Gasteiger partial charge in [0.1, 0.15) is 19.2 Å². The maximum Gasteiger partial charge on any atom is 0.332 e. The number of rotatable bonds is 5. The zero-order valence-corrected chi connectivity index (χ0v) is 16.3. The average molecular weight is 372 g/mol. The molecule has 1 saturated heterocycles. The minimum Gasteiger partial charge on any atom is -0.461 e. The standard InChI is InChI=1S/C21H28N2O4/c1-14(2)17-10-9-15(3)11-18(17)27-20(25)13-23-19(24)12-22(21(23)26)16-7-5-4-6-8-16/h4-8,14-15,17-18H,9-13H2,1-3H3/t15-,17+,18+/m0/s1. The lowest BCUT2D eigenvalue weighted by Crippen LogP contribution is -2.41. The van der Waals surface area contributed by atoms with E-state index in [0.29, 0.717) is 23.4 Å². The molecule has 0 radical (unpaired) electrons. The van der Waals surface area contributed by atoms with Gasteiger partial charge >= 0.3 is 12.0 Å². The maximum atomic E-state index is 12.6. The second-order valence-electron chi connectivity index (χ2n) is 8.04. The number of nitrogens with zero attached hydrogens (tertiary/aromatic N) is 2. The number of carbonyl (C=O) groups is 3. The van der Waals surface area contributed by atoms with Gasteiger partial charge in [0.05, 0.1) is 0 Å². The molecule has 146 valence electrons. The molecule has 0 spiro atoms. The highest BCUT2D eigenvalue weighted by atomic mass is 16.5. The van der Waals surface area contributed by atoms with Gasteiger partial charge in [-0.15, -0.1) is 0 Å². The fourth-order valence-corrected chi connectivity index (χ4v) is 4.09. The van der Waals surface area contributed by atoms with Gasteiger partial charge < -0.3 is 4.74 Å². The number of urea groups is 1. The summed E-state index contributed by atoms with van der Waals surface area (Å²) in [4.78, 5) is 39.7. The first-order valence-corrected chi connectivity index (χ1v) is 9.73. The summed E-state index contributed by atoms with van der Waals surface area (Å²) < 4.78 is 5.73. The molecule has 1 saturated carbocycles. The summed E-state index contributed by atoms with van der Waals surface area (Å²) in [5, 5.41) is 0. The Labute approximate surface area is 160 Å². The summed E-state index contributed by atoms with van der Waals surface area (Å²) in [5.74, 6) is 0.394. The zero-order chi connectivity index (χ0) is 19.6. The van der Waals surface area contributed by atoms with Crippen molar-refractivity contribution in [3.8, 4) is 0 Å². The van der Waals surface area contributed by atoms with Crippen LogP contribution in [0.1, 0.15) is 40.0 Å². The molecule has 3 rings (SSSR count). The van der Waals surface area contributed by atoms with Crippen LogP contribution in [0.15, 0.2) is 30.3 Å². The summed E-state index contributed by atoms with van der Waals surface area (Å²) in [7, 11) is 0. The molecule has 1 aromatic rings. The number of esters is 1. The zero-order valence-electron chi connectivity index (χ0n) is 16.3. The molecule has 6 heteroatoms. The van der Waals surface area contributed by atoms with E-state index in [9.17, 15) is 14.4 Å². The number of ether oxygens (including phenoxy) is 1. The van der Waals surface area contributed by atoms with Crippen molar-refractivity contribution >= 4 is 23.6 Å². The van der Waals surface area contributed by atoms with Gasteiger partial charge in [-0.1, -0.05) is 45.4 Å². The van der Waals surface area contributed by atoms with E-state index in [1.54, 1.807) is 24.3 Å². The highest BCUT2D eigenvalue weighted by molar-refractivity contribution is 6.13. The van der Waals surface area contributed by atoms with Crippen LogP contribution in [0.2, 0.25) is 0 Å². The largest absolute Gasteiger partial charge is 0.461 e. The third kappa shape index (κ3) is 4.31. The molecule has 1 aliphatic carbocycles. The number of anilines is 1. The summed E-state index contributed by atoms with van der Waals surface area (Å²) in [5.41, 5.74) is 0.646. The van der Waals surface area contributed by atoms with Crippen molar-refractivity contribution in [2.75, 3.05) is 18.0 Å². The van der Waals surface area contributed by atoms with Crippen molar-refractivity contribution in [3.05, 3.63) is 30.3 Å². The third-order valence-electron chi connectivity index (χ3n) is 5.66. The second kappa shape index (κ2) is 8.11. The Morgan fingerprint density at radius 2 is 1.89 bits per heavy atom. The maximum absolute atomic E-state index is 12.6. The summed E-state index contributed by atoms with van der Waals surface area (Å²) in [6.07, 6.45) is 2.89. The van der Waals surface area contributed by atoms with E-state index >= 15 is 0 Å². The summed E-state index contributed by atoms with van der Waals surface area (Å²) in [6.45, 7) is 6.09. The molecular formula is C21H28N2O4. The van der Waals surface area contributed by atoms with Crippen molar-refractivity contribution in [3.63, 3.8) is 0 Å². The van der Waals surface area contributed by atoms with Gasteiger partial charge in [0.2, 0.25) is 0 Å². The quantitative estimate of drug-likeness (QED) is 0.586. The highest BCUT2D eigenvalue weighted by Crippen LogP contribution is 2.35. The van der Waals surface area contributed by atoms with Crippen LogP contribution < -0.4 is 4.90 Å². The fraction of sp³-hybridized carbons (Fsp3) is 0.571. The van der Waals surface area contributed by atoms with E-state index in [-0.39, 0.29) is 25.1 Å². The van der Waals surface area contributed by atoms with Crippen LogP contribution in [0, 0.1) is 17.8 Å². The van der Waals surface area contributed by atoms with Crippen molar-refractivity contribution in [2.45, 2.75) is 46.1 Å². The van der Waals surface area contributed by atoms with Crippen LogP contribution in [-0.4, -0.2) is 42.0 Å². The lowest BCUT2D eigenvalue weighted by molar-refractivity contribution is -0.158. The molecule has 27 heavy (non-hydrogen) atoms. The first-order chi connectivity index (χ1) is 12.9. The van der Waals surface area contributed by atoms with Crippen LogP contribution in [0.4, 0.5) is 10.5 Å². The van der Waals surface area contributed by atoms with Gasteiger partial charge in [-0.2, -0.15) is 0 Å². The smallest absolute Gasteiger partial charge is 0.332 e. The Balaban J connectivity index is 1.63. The molecule has 3 atom stereocenters.